The highest BCUT2D eigenvalue weighted by atomic mass is 19.4. The lowest BCUT2D eigenvalue weighted by Gasteiger charge is -2.35. The molecule has 1 fully saturated rings. The van der Waals surface area contributed by atoms with Gasteiger partial charge in [-0.15, -0.1) is 0 Å². The number of nitro groups is 1. The van der Waals surface area contributed by atoms with Gasteiger partial charge in [0.25, 0.3) is 17.5 Å². The number of imidazole rings is 1. The van der Waals surface area contributed by atoms with Crippen LogP contribution in [-0.2, 0) is 9.59 Å². The van der Waals surface area contributed by atoms with Crippen molar-refractivity contribution in [1.29, 1.82) is 0 Å². The van der Waals surface area contributed by atoms with E-state index in [0.29, 0.717) is 45.6 Å². The number of hydrogen-bond donors (Lipinski definition) is 3. The molecule has 326 valence electrons. The van der Waals surface area contributed by atoms with Crippen molar-refractivity contribution in [3.63, 3.8) is 0 Å². The van der Waals surface area contributed by atoms with Gasteiger partial charge in [-0.05, 0) is 68.4 Å². The first-order chi connectivity index (χ1) is 29.3. The lowest BCUT2D eigenvalue weighted by molar-refractivity contribution is -0.383. The molecule has 4 aromatic carbocycles. The van der Waals surface area contributed by atoms with Gasteiger partial charge in [0.2, 0.25) is 0 Å². The number of carboxylic acid groups (broad SMARTS) is 2. The van der Waals surface area contributed by atoms with Gasteiger partial charge in [0, 0.05) is 72.9 Å². The molecule has 2 aliphatic rings. The van der Waals surface area contributed by atoms with Crippen LogP contribution < -0.4 is 10.7 Å². The highest BCUT2D eigenvalue weighted by Crippen LogP contribution is 2.35. The number of alkyl halides is 6. The van der Waals surface area contributed by atoms with Crippen LogP contribution in [0.15, 0.2) is 77.9 Å². The standard InChI is InChI=1S/C36H33N7O5.2C2HF3O2/c44-34-24-6-1-2-9-29(24)42-22-38-28-12-11-27(32(34)33(28)42)37-14-4-15-39-18-20-40(21-19-39)16-5-17-41-35(45)25-8-3-7-23-30(43(47)48)13-10-26(31(23)25)36(41)46;2*3-2(4,5)1(6)7/h1-3,6-13,22,37H,4-5,14-21H2;2*(H,6,7). The van der Waals surface area contributed by atoms with Crippen LogP contribution in [0.4, 0.5) is 37.7 Å². The maximum atomic E-state index is 13.5. The van der Waals surface area contributed by atoms with Gasteiger partial charge in [-0.25, -0.2) is 14.6 Å². The molecule has 22 heteroatoms. The molecular weight excluding hydrogens is 836 g/mol. The minimum atomic E-state index is -5.08. The fourth-order valence-electron chi connectivity index (χ4n) is 7.38. The maximum Gasteiger partial charge on any atom is 0.490 e. The molecule has 0 bridgehead atoms. The quantitative estimate of drug-likeness (QED) is 0.0368. The molecular formula is C40H35F6N7O9. The van der Waals surface area contributed by atoms with Gasteiger partial charge in [-0.2, -0.15) is 26.3 Å². The fraction of sp³-hybridized carbons (Fsp3) is 0.300. The number of pyridine rings is 1. The maximum absolute atomic E-state index is 13.5. The Bertz CT molecular complexity index is 2710. The number of halogens is 6. The van der Waals surface area contributed by atoms with Crippen LogP contribution in [-0.4, -0.2) is 128 Å². The SMILES string of the molecule is O=C(O)C(F)(F)F.O=C(O)C(F)(F)F.O=C1c2cccc3c([N+](=O)[O-])ccc(c23)C(=O)N1CCCN1CCN(CCCNc2ccc3ncn4c5ccccc5c(=O)c2c34)CC1. The zero-order chi connectivity index (χ0) is 45.1. The molecule has 2 aliphatic heterocycles. The number of carboxylic acids is 2. The molecule has 0 atom stereocenters. The summed E-state index contributed by atoms with van der Waals surface area (Å²) in [7, 11) is 0. The minimum Gasteiger partial charge on any atom is -0.475 e. The number of nitro benzene ring substituents is 1. The number of imide groups is 1. The number of aromatic nitrogens is 2. The molecule has 0 unspecified atom stereocenters. The average molecular weight is 872 g/mol. The Labute approximate surface area is 345 Å². The first kappa shape index (κ1) is 44.6. The Balaban J connectivity index is 0.000000397. The fourth-order valence-corrected chi connectivity index (χ4v) is 7.38. The van der Waals surface area contributed by atoms with Crippen LogP contribution in [0.5, 0.6) is 0 Å². The van der Waals surface area contributed by atoms with Gasteiger partial charge in [-0.1, -0.05) is 18.2 Å². The van der Waals surface area contributed by atoms with Crippen LogP contribution in [0.2, 0.25) is 0 Å². The second-order valence-electron chi connectivity index (χ2n) is 14.1. The summed E-state index contributed by atoms with van der Waals surface area (Å²) < 4.78 is 65.5. The van der Waals surface area contributed by atoms with Crippen molar-refractivity contribution < 1.29 is 60.7 Å². The zero-order valence-corrected chi connectivity index (χ0v) is 32.2. The first-order valence-corrected chi connectivity index (χ1v) is 18.8. The number of hydrogen-bond acceptors (Lipinski definition) is 11. The highest BCUT2D eigenvalue weighted by Gasteiger charge is 2.39. The molecule has 0 aliphatic carbocycles. The van der Waals surface area contributed by atoms with Crippen LogP contribution in [0.3, 0.4) is 0 Å². The summed E-state index contributed by atoms with van der Waals surface area (Å²) >= 11 is 0. The molecule has 1 saturated heterocycles. The number of nitrogens with one attached hydrogen (secondary N) is 1. The number of carbonyl (C=O) groups is 4. The molecule has 6 aromatic rings. The molecule has 16 nitrogen and oxygen atoms in total. The molecule has 2 aromatic heterocycles. The summed E-state index contributed by atoms with van der Waals surface area (Å²) in [5.41, 5.74) is 3.92. The van der Waals surface area contributed by atoms with E-state index in [1.807, 2.05) is 40.8 Å². The topological polar surface area (TPSA) is 208 Å². The number of nitrogens with zero attached hydrogens (tertiary/aromatic N) is 6. The number of fused-ring (bicyclic) bond motifs is 2. The molecule has 0 saturated carbocycles. The largest absolute Gasteiger partial charge is 0.490 e. The lowest BCUT2D eigenvalue weighted by atomic mass is 9.93. The third-order valence-electron chi connectivity index (χ3n) is 10.3. The van der Waals surface area contributed by atoms with E-state index in [1.54, 1.807) is 24.5 Å². The average Bonchev–Trinajstić information content (AvgIpc) is 3.66. The van der Waals surface area contributed by atoms with E-state index in [4.69, 9.17) is 19.8 Å². The summed E-state index contributed by atoms with van der Waals surface area (Å²) in [6.07, 6.45) is -6.81. The monoisotopic (exact) mass is 871 g/mol. The zero-order valence-electron chi connectivity index (χ0n) is 32.2. The number of rotatable bonds is 10. The van der Waals surface area contributed by atoms with Gasteiger partial charge < -0.3 is 25.3 Å². The third-order valence-corrected chi connectivity index (χ3v) is 10.3. The highest BCUT2D eigenvalue weighted by molar-refractivity contribution is 6.26. The Hall–Kier alpha value is -6.94. The Morgan fingerprint density at radius 1 is 0.726 bits per heavy atom. The number of anilines is 1. The van der Waals surface area contributed by atoms with E-state index in [9.17, 15) is 50.8 Å². The van der Waals surface area contributed by atoms with E-state index in [1.165, 1.54) is 17.0 Å². The summed E-state index contributed by atoms with van der Waals surface area (Å²) in [5.74, 6) is -6.32. The van der Waals surface area contributed by atoms with Crippen LogP contribution in [0, 0.1) is 10.1 Å². The molecule has 2 amide bonds. The number of carbonyl (C=O) groups excluding carboxylic acids is 2. The molecule has 0 radical (unpaired) electrons. The van der Waals surface area contributed by atoms with Crippen molar-refractivity contribution in [1.82, 2.24) is 24.1 Å². The van der Waals surface area contributed by atoms with Crippen LogP contribution >= 0.6 is 0 Å². The van der Waals surface area contributed by atoms with E-state index in [-0.39, 0.29) is 11.1 Å². The summed E-state index contributed by atoms with van der Waals surface area (Å²) in [6.45, 7) is 6.40. The van der Waals surface area contributed by atoms with E-state index in [2.05, 4.69) is 20.1 Å². The predicted molar refractivity (Wildman–Crippen MR) is 212 cm³/mol. The second kappa shape index (κ2) is 18.0. The van der Waals surface area contributed by atoms with Crippen molar-refractivity contribution in [2.45, 2.75) is 25.2 Å². The number of piperazine rings is 1. The van der Waals surface area contributed by atoms with Gasteiger partial charge in [-0.3, -0.25) is 33.8 Å². The van der Waals surface area contributed by atoms with Crippen molar-refractivity contribution >= 4 is 73.2 Å². The summed E-state index contributed by atoms with van der Waals surface area (Å²) in [4.78, 5) is 79.5. The number of non-ortho nitro benzene ring substituents is 1. The molecule has 3 N–H and O–H groups in total. The molecule has 0 spiro atoms. The van der Waals surface area contributed by atoms with E-state index >= 15 is 0 Å². The van der Waals surface area contributed by atoms with Gasteiger partial charge in [0.15, 0.2) is 5.43 Å². The predicted octanol–water partition coefficient (Wildman–Crippen LogP) is 5.87. The van der Waals surface area contributed by atoms with Crippen LogP contribution in [0.1, 0.15) is 33.6 Å². The second-order valence-corrected chi connectivity index (χ2v) is 14.1. The van der Waals surface area contributed by atoms with Gasteiger partial charge >= 0.3 is 24.3 Å². The van der Waals surface area contributed by atoms with Crippen LogP contribution in [0.25, 0.3) is 38.1 Å². The summed E-state index contributed by atoms with van der Waals surface area (Å²) in [5, 5.41) is 31.3. The van der Waals surface area contributed by atoms with Crippen molar-refractivity contribution in [3.8, 4) is 0 Å². The Kier molecular flexibility index (Phi) is 12.9. The number of aliphatic carboxylic acids is 2. The summed E-state index contributed by atoms with van der Waals surface area (Å²) in [6, 6.07) is 19.2. The molecule has 8 rings (SSSR count). The minimum absolute atomic E-state index is 0.0188. The number of para-hydroxylation sites is 1. The van der Waals surface area contributed by atoms with Crippen molar-refractivity contribution in [3.05, 3.63) is 105 Å². The third kappa shape index (κ3) is 9.34. The van der Waals surface area contributed by atoms with E-state index in [0.717, 1.165) is 74.5 Å². The smallest absolute Gasteiger partial charge is 0.475 e. The molecule has 62 heavy (non-hydrogen) atoms. The normalized spacial score (nSPS) is 14.8. The van der Waals surface area contributed by atoms with Crippen molar-refractivity contribution in [2.24, 2.45) is 0 Å². The Morgan fingerprint density at radius 3 is 1.89 bits per heavy atom. The van der Waals surface area contributed by atoms with Gasteiger partial charge in [0.1, 0.15) is 6.33 Å². The molecule has 4 heterocycles. The number of benzene rings is 4. The Morgan fingerprint density at radius 2 is 1.29 bits per heavy atom. The van der Waals surface area contributed by atoms with Crippen molar-refractivity contribution in [2.75, 3.05) is 57.7 Å². The van der Waals surface area contributed by atoms with E-state index < -0.39 is 41.0 Å². The lowest BCUT2D eigenvalue weighted by Crippen LogP contribution is -2.48. The first-order valence-electron chi connectivity index (χ1n) is 18.8. The number of amides is 2. The van der Waals surface area contributed by atoms with Gasteiger partial charge in [0.05, 0.1) is 32.2 Å².